The van der Waals surface area contributed by atoms with Gasteiger partial charge < -0.3 is 10.1 Å². The molecule has 2 nitrogen and oxygen atoms in total. The number of aryl methyl sites for hydroxylation is 1. The minimum absolute atomic E-state index is 0.121. The van der Waals surface area contributed by atoms with Crippen molar-refractivity contribution >= 4 is 5.69 Å². The molecular formula is C19H25NO. The van der Waals surface area contributed by atoms with Gasteiger partial charge in [-0.15, -0.1) is 0 Å². The van der Waals surface area contributed by atoms with E-state index in [1.54, 1.807) is 0 Å². The molecular weight excluding hydrogens is 258 g/mol. The molecule has 112 valence electrons. The smallest absolute Gasteiger partial charge is 0.119 e. The Labute approximate surface area is 128 Å². The van der Waals surface area contributed by atoms with Crippen LogP contribution in [0.5, 0.6) is 5.75 Å². The van der Waals surface area contributed by atoms with Crippen LogP contribution in [0.25, 0.3) is 0 Å². The summed E-state index contributed by atoms with van der Waals surface area (Å²) in [7, 11) is 0. The summed E-state index contributed by atoms with van der Waals surface area (Å²) < 4.78 is 5.94. The van der Waals surface area contributed by atoms with Crippen LogP contribution in [0.2, 0.25) is 0 Å². The summed E-state index contributed by atoms with van der Waals surface area (Å²) in [4.78, 5) is 0. The van der Waals surface area contributed by atoms with E-state index in [0.717, 1.165) is 18.0 Å². The van der Waals surface area contributed by atoms with Gasteiger partial charge in [0.05, 0.1) is 6.54 Å². The van der Waals surface area contributed by atoms with E-state index in [1.165, 1.54) is 11.1 Å². The second-order valence-electron chi connectivity index (χ2n) is 5.90. The van der Waals surface area contributed by atoms with E-state index in [2.05, 4.69) is 81.5 Å². The number of benzene rings is 2. The lowest BCUT2D eigenvalue weighted by Crippen LogP contribution is -2.22. The van der Waals surface area contributed by atoms with Gasteiger partial charge in [0.1, 0.15) is 11.9 Å². The van der Waals surface area contributed by atoms with Crippen LogP contribution >= 0.6 is 0 Å². The number of ether oxygens (including phenoxy) is 1. The first-order valence-electron chi connectivity index (χ1n) is 7.62. The SMILES string of the molecule is Cc1cccc(NCC(C)Oc2ccc(C(C)C)cc2)c1. The zero-order valence-electron chi connectivity index (χ0n) is 13.4. The molecule has 2 aromatic rings. The van der Waals surface area contributed by atoms with E-state index in [-0.39, 0.29) is 6.10 Å². The molecule has 0 aliphatic heterocycles. The molecule has 0 spiro atoms. The van der Waals surface area contributed by atoms with Gasteiger partial charge in [-0.2, -0.15) is 0 Å². The van der Waals surface area contributed by atoms with Gasteiger partial charge in [-0.1, -0.05) is 38.1 Å². The standard InChI is InChI=1S/C19H25NO/c1-14(2)17-8-10-19(11-9-17)21-16(4)13-20-18-7-5-6-15(3)12-18/h5-12,14,16,20H,13H2,1-4H3. The molecule has 0 bridgehead atoms. The molecule has 0 saturated heterocycles. The topological polar surface area (TPSA) is 21.3 Å². The van der Waals surface area contributed by atoms with Crippen LogP contribution in [-0.2, 0) is 0 Å². The normalized spacial score (nSPS) is 12.2. The summed E-state index contributed by atoms with van der Waals surface area (Å²) in [5.74, 6) is 1.48. The molecule has 1 atom stereocenters. The third kappa shape index (κ3) is 4.82. The maximum Gasteiger partial charge on any atom is 0.119 e. The first-order chi connectivity index (χ1) is 10.0. The lowest BCUT2D eigenvalue weighted by atomic mass is 10.0. The second-order valence-corrected chi connectivity index (χ2v) is 5.90. The summed E-state index contributed by atoms with van der Waals surface area (Å²) in [6.45, 7) is 9.37. The maximum atomic E-state index is 5.94. The molecule has 1 N–H and O–H groups in total. The Morgan fingerprint density at radius 3 is 2.33 bits per heavy atom. The number of rotatable bonds is 6. The second kappa shape index (κ2) is 7.16. The molecule has 21 heavy (non-hydrogen) atoms. The van der Waals surface area contributed by atoms with E-state index in [0.29, 0.717) is 5.92 Å². The van der Waals surface area contributed by atoms with E-state index >= 15 is 0 Å². The quantitative estimate of drug-likeness (QED) is 0.805. The van der Waals surface area contributed by atoms with Gasteiger partial charge in [-0.25, -0.2) is 0 Å². The van der Waals surface area contributed by atoms with Crippen LogP contribution in [0.4, 0.5) is 5.69 Å². The van der Waals surface area contributed by atoms with Crippen LogP contribution in [0.3, 0.4) is 0 Å². The molecule has 2 aromatic carbocycles. The van der Waals surface area contributed by atoms with Crippen LogP contribution in [0, 0.1) is 6.92 Å². The molecule has 0 fully saturated rings. The average Bonchev–Trinajstić information content (AvgIpc) is 2.46. The lowest BCUT2D eigenvalue weighted by Gasteiger charge is -2.17. The molecule has 0 radical (unpaired) electrons. The third-order valence-corrected chi connectivity index (χ3v) is 3.50. The van der Waals surface area contributed by atoms with Crippen LogP contribution in [0.1, 0.15) is 37.8 Å². The fraction of sp³-hybridized carbons (Fsp3) is 0.368. The van der Waals surface area contributed by atoms with Crippen LogP contribution in [-0.4, -0.2) is 12.6 Å². The highest BCUT2D eigenvalue weighted by atomic mass is 16.5. The number of anilines is 1. The molecule has 0 amide bonds. The van der Waals surface area contributed by atoms with Gasteiger partial charge >= 0.3 is 0 Å². The molecule has 2 rings (SSSR count). The minimum atomic E-state index is 0.121. The predicted octanol–water partition coefficient (Wildman–Crippen LogP) is 5.00. The fourth-order valence-electron chi connectivity index (χ4n) is 2.22. The van der Waals surface area contributed by atoms with Crippen molar-refractivity contribution in [1.29, 1.82) is 0 Å². The molecule has 0 aromatic heterocycles. The van der Waals surface area contributed by atoms with Crippen molar-refractivity contribution in [2.45, 2.75) is 39.7 Å². The van der Waals surface area contributed by atoms with Gasteiger partial charge in [0.25, 0.3) is 0 Å². The molecule has 2 heteroatoms. The first-order valence-corrected chi connectivity index (χ1v) is 7.62. The third-order valence-electron chi connectivity index (χ3n) is 3.50. The summed E-state index contributed by atoms with van der Waals surface area (Å²) >= 11 is 0. The zero-order valence-corrected chi connectivity index (χ0v) is 13.4. The predicted molar refractivity (Wildman–Crippen MR) is 90.3 cm³/mol. The summed E-state index contributed by atoms with van der Waals surface area (Å²) in [5, 5.41) is 3.41. The van der Waals surface area contributed by atoms with Crippen molar-refractivity contribution in [1.82, 2.24) is 0 Å². The minimum Gasteiger partial charge on any atom is -0.489 e. The van der Waals surface area contributed by atoms with Crippen molar-refractivity contribution in [2.24, 2.45) is 0 Å². The van der Waals surface area contributed by atoms with Crippen molar-refractivity contribution in [2.75, 3.05) is 11.9 Å². The monoisotopic (exact) mass is 283 g/mol. The highest BCUT2D eigenvalue weighted by molar-refractivity contribution is 5.45. The van der Waals surface area contributed by atoms with Gasteiger partial charge in [0, 0.05) is 5.69 Å². The fourth-order valence-corrected chi connectivity index (χ4v) is 2.22. The molecule has 0 aliphatic rings. The highest BCUT2D eigenvalue weighted by Crippen LogP contribution is 2.19. The van der Waals surface area contributed by atoms with E-state index in [1.807, 2.05) is 0 Å². The Kier molecular flexibility index (Phi) is 5.26. The van der Waals surface area contributed by atoms with Crippen molar-refractivity contribution in [3.05, 3.63) is 59.7 Å². The van der Waals surface area contributed by atoms with Crippen LogP contribution in [0.15, 0.2) is 48.5 Å². The van der Waals surface area contributed by atoms with Crippen molar-refractivity contribution < 1.29 is 4.74 Å². The van der Waals surface area contributed by atoms with Gasteiger partial charge in [-0.05, 0) is 55.2 Å². The lowest BCUT2D eigenvalue weighted by molar-refractivity contribution is 0.234. The summed E-state index contributed by atoms with van der Waals surface area (Å²) in [5.41, 5.74) is 3.74. The Balaban J connectivity index is 1.85. The zero-order chi connectivity index (χ0) is 15.2. The number of hydrogen-bond acceptors (Lipinski definition) is 2. The highest BCUT2D eigenvalue weighted by Gasteiger charge is 2.05. The Bertz CT molecular complexity index is 560. The number of hydrogen-bond donors (Lipinski definition) is 1. The molecule has 0 saturated carbocycles. The van der Waals surface area contributed by atoms with Gasteiger partial charge in [0.2, 0.25) is 0 Å². The van der Waals surface area contributed by atoms with Crippen molar-refractivity contribution in [3.63, 3.8) is 0 Å². The molecule has 1 unspecified atom stereocenters. The summed E-state index contributed by atoms with van der Waals surface area (Å²) in [6, 6.07) is 16.8. The van der Waals surface area contributed by atoms with E-state index in [4.69, 9.17) is 4.74 Å². The largest absolute Gasteiger partial charge is 0.489 e. The Morgan fingerprint density at radius 1 is 1.00 bits per heavy atom. The van der Waals surface area contributed by atoms with Crippen LogP contribution < -0.4 is 10.1 Å². The average molecular weight is 283 g/mol. The Hall–Kier alpha value is -1.96. The number of nitrogens with one attached hydrogen (secondary N) is 1. The van der Waals surface area contributed by atoms with Crippen molar-refractivity contribution in [3.8, 4) is 5.75 Å². The summed E-state index contributed by atoms with van der Waals surface area (Å²) in [6.07, 6.45) is 0.121. The van der Waals surface area contributed by atoms with E-state index in [9.17, 15) is 0 Å². The molecule has 0 heterocycles. The first kappa shape index (κ1) is 15.4. The maximum absolute atomic E-state index is 5.94. The van der Waals surface area contributed by atoms with Gasteiger partial charge in [0.15, 0.2) is 0 Å². The van der Waals surface area contributed by atoms with Gasteiger partial charge in [-0.3, -0.25) is 0 Å². The molecule has 0 aliphatic carbocycles. The van der Waals surface area contributed by atoms with E-state index < -0.39 is 0 Å². The Morgan fingerprint density at radius 2 is 1.71 bits per heavy atom.